The number of likely N-dealkylation sites (tertiary alicyclic amines) is 1. The minimum atomic E-state index is -1.06. The smallest absolute Gasteiger partial charge is 0.410 e. The van der Waals surface area contributed by atoms with Gasteiger partial charge >= 0.3 is 12.1 Å². The maximum Gasteiger partial charge on any atom is 0.410 e. The van der Waals surface area contributed by atoms with Gasteiger partial charge in [0.1, 0.15) is 23.3 Å². The topological polar surface area (TPSA) is 76.1 Å². The van der Waals surface area contributed by atoms with E-state index in [9.17, 15) is 19.1 Å². The van der Waals surface area contributed by atoms with Crippen LogP contribution in [-0.2, 0) is 4.74 Å². The molecule has 0 aliphatic carbocycles. The van der Waals surface area contributed by atoms with Gasteiger partial charge in [-0.2, -0.15) is 0 Å². The molecule has 0 radical (unpaired) electrons. The van der Waals surface area contributed by atoms with Gasteiger partial charge in [-0.05, 0) is 56.7 Å². The van der Waals surface area contributed by atoms with Crippen LogP contribution in [0.25, 0.3) is 11.1 Å². The maximum atomic E-state index is 13.3. The molecule has 1 amide bonds. The van der Waals surface area contributed by atoms with E-state index in [4.69, 9.17) is 9.47 Å². The van der Waals surface area contributed by atoms with Crippen LogP contribution in [0.15, 0.2) is 42.5 Å². The molecule has 1 fully saturated rings. The fourth-order valence-electron chi connectivity index (χ4n) is 3.12. The van der Waals surface area contributed by atoms with Crippen molar-refractivity contribution in [2.45, 2.75) is 38.9 Å². The average molecular weight is 401 g/mol. The summed E-state index contributed by atoms with van der Waals surface area (Å²) in [7, 11) is 0. The summed E-state index contributed by atoms with van der Waals surface area (Å²) in [6.07, 6.45) is -0.0102. The highest BCUT2D eigenvalue weighted by Gasteiger charge is 2.31. The van der Waals surface area contributed by atoms with Gasteiger partial charge in [-0.15, -0.1) is 0 Å². The van der Waals surface area contributed by atoms with Crippen LogP contribution >= 0.6 is 0 Å². The van der Waals surface area contributed by atoms with E-state index in [1.807, 2.05) is 20.8 Å². The molecule has 154 valence electrons. The Hall–Kier alpha value is -3.09. The molecule has 0 unspecified atom stereocenters. The molecule has 1 saturated heterocycles. The Kier molecular flexibility index (Phi) is 5.77. The zero-order valence-electron chi connectivity index (χ0n) is 16.6. The number of aromatic carboxylic acids is 1. The molecule has 0 saturated carbocycles. The molecule has 2 aromatic rings. The summed E-state index contributed by atoms with van der Waals surface area (Å²) in [4.78, 5) is 25.2. The molecule has 1 N–H and O–H groups in total. The van der Waals surface area contributed by atoms with Crippen LogP contribution in [0.1, 0.15) is 37.6 Å². The van der Waals surface area contributed by atoms with Gasteiger partial charge in [-0.1, -0.05) is 12.1 Å². The van der Waals surface area contributed by atoms with Gasteiger partial charge in [0.05, 0.1) is 12.1 Å². The second-order valence-electron chi connectivity index (χ2n) is 7.98. The lowest BCUT2D eigenvalue weighted by Gasteiger charge is -2.24. The number of carboxylic acid groups (broad SMARTS) is 1. The second-order valence-corrected chi connectivity index (χ2v) is 7.98. The van der Waals surface area contributed by atoms with Crippen molar-refractivity contribution in [3.8, 4) is 16.9 Å². The van der Waals surface area contributed by atoms with Crippen LogP contribution in [0.4, 0.5) is 9.18 Å². The van der Waals surface area contributed by atoms with Crippen molar-refractivity contribution in [2.24, 2.45) is 0 Å². The van der Waals surface area contributed by atoms with Crippen molar-refractivity contribution in [3.63, 3.8) is 0 Å². The van der Waals surface area contributed by atoms with Gasteiger partial charge in [-0.25, -0.2) is 14.0 Å². The highest BCUT2D eigenvalue weighted by molar-refractivity contribution is 5.90. The summed E-state index contributed by atoms with van der Waals surface area (Å²) in [6, 6.07) is 10.3. The van der Waals surface area contributed by atoms with Crippen LogP contribution in [0.5, 0.6) is 5.75 Å². The van der Waals surface area contributed by atoms with E-state index in [1.165, 1.54) is 24.3 Å². The number of amides is 1. The zero-order valence-corrected chi connectivity index (χ0v) is 16.6. The number of hydrogen-bond acceptors (Lipinski definition) is 4. The van der Waals surface area contributed by atoms with E-state index in [0.717, 1.165) is 0 Å². The largest absolute Gasteiger partial charge is 0.488 e. The Labute approximate surface area is 168 Å². The van der Waals surface area contributed by atoms with Crippen molar-refractivity contribution in [1.82, 2.24) is 4.90 Å². The monoisotopic (exact) mass is 401 g/mol. The molecule has 0 aromatic heterocycles. The van der Waals surface area contributed by atoms with Gasteiger partial charge in [0.15, 0.2) is 0 Å². The van der Waals surface area contributed by atoms with Crippen molar-refractivity contribution in [1.29, 1.82) is 0 Å². The van der Waals surface area contributed by atoms with Crippen LogP contribution in [0.2, 0.25) is 0 Å². The predicted molar refractivity (Wildman–Crippen MR) is 106 cm³/mol. The first-order valence-electron chi connectivity index (χ1n) is 9.40. The summed E-state index contributed by atoms with van der Waals surface area (Å²) < 4.78 is 24.8. The Morgan fingerprint density at radius 3 is 2.45 bits per heavy atom. The Balaban J connectivity index is 1.79. The SMILES string of the molecule is CC(C)(C)OC(=O)N1CC[C@@H](Oc2ccc(C(=O)O)cc2-c2ccc(F)cc2)C1. The molecular weight excluding hydrogens is 377 g/mol. The summed E-state index contributed by atoms with van der Waals surface area (Å²) in [5, 5.41) is 9.31. The summed E-state index contributed by atoms with van der Waals surface area (Å²) in [5.74, 6) is -0.955. The third-order valence-corrected chi connectivity index (χ3v) is 4.47. The Morgan fingerprint density at radius 2 is 1.83 bits per heavy atom. The third-order valence-electron chi connectivity index (χ3n) is 4.47. The lowest BCUT2D eigenvalue weighted by molar-refractivity contribution is 0.0275. The number of hydrogen-bond donors (Lipinski definition) is 1. The Morgan fingerprint density at radius 1 is 1.14 bits per heavy atom. The third kappa shape index (κ3) is 5.25. The highest BCUT2D eigenvalue weighted by atomic mass is 19.1. The zero-order chi connectivity index (χ0) is 21.2. The fourth-order valence-corrected chi connectivity index (χ4v) is 3.12. The fraction of sp³-hybridized carbons (Fsp3) is 0.364. The molecule has 6 nitrogen and oxygen atoms in total. The molecule has 2 aromatic carbocycles. The molecule has 29 heavy (non-hydrogen) atoms. The number of carbonyl (C=O) groups excluding carboxylic acids is 1. The van der Waals surface area contributed by atoms with E-state index < -0.39 is 11.6 Å². The number of rotatable bonds is 4. The molecule has 7 heteroatoms. The van der Waals surface area contributed by atoms with E-state index in [0.29, 0.717) is 36.4 Å². The van der Waals surface area contributed by atoms with Gasteiger partial charge in [-0.3, -0.25) is 0 Å². The second kappa shape index (κ2) is 8.11. The van der Waals surface area contributed by atoms with E-state index in [-0.39, 0.29) is 23.6 Å². The molecule has 3 rings (SSSR count). The summed E-state index contributed by atoms with van der Waals surface area (Å²) in [6.45, 7) is 6.33. The number of halogens is 1. The van der Waals surface area contributed by atoms with Gasteiger partial charge < -0.3 is 19.5 Å². The van der Waals surface area contributed by atoms with Crippen molar-refractivity contribution in [3.05, 3.63) is 53.8 Å². The molecular formula is C22H24FNO5. The molecule has 0 bridgehead atoms. The van der Waals surface area contributed by atoms with Crippen LogP contribution in [-0.4, -0.2) is 46.9 Å². The first-order valence-corrected chi connectivity index (χ1v) is 9.40. The van der Waals surface area contributed by atoms with E-state index in [2.05, 4.69) is 0 Å². The van der Waals surface area contributed by atoms with Crippen molar-refractivity contribution in [2.75, 3.05) is 13.1 Å². The number of benzene rings is 2. The van der Waals surface area contributed by atoms with Crippen LogP contribution < -0.4 is 4.74 Å². The van der Waals surface area contributed by atoms with Gasteiger partial charge in [0, 0.05) is 18.5 Å². The van der Waals surface area contributed by atoms with E-state index in [1.54, 1.807) is 23.1 Å². The predicted octanol–water partition coefficient (Wildman–Crippen LogP) is 4.58. The van der Waals surface area contributed by atoms with Crippen LogP contribution in [0, 0.1) is 5.82 Å². The van der Waals surface area contributed by atoms with Crippen molar-refractivity contribution < 1.29 is 28.6 Å². The average Bonchev–Trinajstić information content (AvgIpc) is 3.10. The summed E-state index contributed by atoms with van der Waals surface area (Å²) >= 11 is 0. The first-order chi connectivity index (χ1) is 13.6. The molecule has 1 aliphatic heterocycles. The summed E-state index contributed by atoms with van der Waals surface area (Å²) in [5.41, 5.74) is 0.740. The number of nitrogens with zero attached hydrogens (tertiary/aromatic N) is 1. The maximum absolute atomic E-state index is 13.3. The molecule has 1 atom stereocenters. The standard InChI is InChI=1S/C22H24FNO5/c1-22(2,3)29-21(27)24-11-10-17(13-24)28-19-9-6-15(20(25)26)12-18(19)14-4-7-16(23)8-5-14/h4-9,12,17H,10-11,13H2,1-3H3,(H,25,26)/t17-/m1/s1. The molecule has 0 spiro atoms. The molecule has 1 heterocycles. The number of ether oxygens (including phenoxy) is 2. The quantitative estimate of drug-likeness (QED) is 0.812. The van der Waals surface area contributed by atoms with Gasteiger partial charge in [0.25, 0.3) is 0 Å². The first kappa shape index (κ1) is 20.6. The van der Waals surface area contributed by atoms with E-state index >= 15 is 0 Å². The number of carbonyl (C=O) groups is 2. The normalized spacial score (nSPS) is 16.6. The minimum absolute atomic E-state index is 0.110. The lowest BCUT2D eigenvalue weighted by atomic mass is 10.0. The van der Waals surface area contributed by atoms with Gasteiger partial charge in [0.2, 0.25) is 0 Å². The molecule has 1 aliphatic rings. The minimum Gasteiger partial charge on any atom is -0.488 e. The van der Waals surface area contributed by atoms with Crippen LogP contribution in [0.3, 0.4) is 0 Å². The highest BCUT2D eigenvalue weighted by Crippen LogP contribution is 2.33. The number of carboxylic acids is 1. The van der Waals surface area contributed by atoms with Crippen molar-refractivity contribution >= 4 is 12.1 Å². The Bertz CT molecular complexity index is 904. The lowest BCUT2D eigenvalue weighted by Crippen LogP contribution is -2.36.